The third-order valence-corrected chi connectivity index (χ3v) is 3.96. The maximum absolute atomic E-state index is 12.3. The molecular formula is C17H31N3O4. The first-order chi connectivity index (χ1) is 11.0. The van der Waals surface area contributed by atoms with E-state index in [-0.39, 0.29) is 47.9 Å². The van der Waals surface area contributed by atoms with Gasteiger partial charge in [-0.2, -0.15) is 0 Å². The lowest BCUT2D eigenvalue weighted by Crippen LogP contribution is -2.50. The smallest absolute Gasteiger partial charge is 0.331 e. The van der Waals surface area contributed by atoms with Crippen LogP contribution in [0.4, 0.5) is 0 Å². The Kier molecular flexibility index (Phi) is 9.28. The quantitative estimate of drug-likeness (QED) is 0.540. The van der Waals surface area contributed by atoms with Gasteiger partial charge in [0, 0.05) is 12.6 Å². The number of nitrogens with zero attached hydrogens (tertiary/aromatic N) is 1. The highest BCUT2D eigenvalue weighted by Crippen LogP contribution is 2.13. The van der Waals surface area contributed by atoms with Crippen molar-refractivity contribution in [3.8, 4) is 0 Å². The van der Waals surface area contributed by atoms with Crippen LogP contribution in [0.2, 0.25) is 0 Å². The zero-order valence-corrected chi connectivity index (χ0v) is 15.7. The van der Waals surface area contributed by atoms with E-state index in [2.05, 4.69) is 10.6 Å². The average molecular weight is 341 g/mol. The fraction of sp³-hybridized carbons (Fsp3) is 0.706. The Morgan fingerprint density at radius 2 is 1.67 bits per heavy atom. The monoisotopic (exact) mass is 341 g/mol. The first-order valence-corrected chi connectivity index (χ1v) is 8.15. The van der Waals surface area contributed by atoms with Gasteiger partial charge in [0.1, 0.15) is 0 Å². The molecule has 0 saturated carbocycles. The van der Waals surface area contributed by atoms with Crippen molar-refractivity contribution in [3.05, 3.63) is 11.6 Å². The number of likely N-dealkylation sites (N-methyl/N-ethyl adjacent to an activating group) is 2. The van der Waals surface area contributed by atoms with Crippen molar-refractivity contribution in [1.82, 2.24) is 15.5 Å². The molecule has 0 heterocycles. The second-order valence-electron chi connectivity index (χ2n) is 6.62. The highest BCUT2D eigenvalue weighted by Gasteiger charge is 2.24. The normalized spacial score (nSPS) is 14.5. The second-order valence-corrected chi connectivity index (χ2v) is 6.62. The molecule has 0 aromatic carbocycles. The minimum atomic E-state index is -1.01. The minimum Gasteiger partial charge on any atom is -0.478 e. The second kappa shape index (κ2) is 10.1. The van der Waals surface area contributed by atoms with Gasteiger partial charge in [-0.3, -0.25) is 9.59 Å². The zero-order valence-electron chi connectivity index (χ0n) is 15.7. The van der Waals surface area contributed by atoms with Gasteiger partial charge in [-0.15, -0.1) is 0 Å². The molecule has 0 aliphatic carbocycles. The van der Waals surface area contributed by atoms with Crippen molar-refractivity contribution in [2.45, 2.75) is 46.7 Å². The van der Waals surface area contributed by atoms with E-state index in [0.29, 0.717) is 0 Å². The SMILES string of the molecule is CNC(C(=O)NCC(=O)N(C)C(/C=C(\C)C(=O)O)C(C)C)C(C)C. The number of hydrogen-bond donors (Lipinski definition) is 3. The van der Waals surface area contributed by atoms with Crippen molar-refractivity contribution in [3.63, 3.8) is 0 Å². The van der Waals surface area contributed by atoms with Crippen LogP contribution in [0.15, 0.2) is 11.6 Å². The molecule has 0 saturated heterocycles. The van der Waals surface area contributed by atoms with Crippen LogP contribution >= 0.6 is 0 Å². The fourth-order valence-electron chi connectivity index (χ4n) is 2.41. The summed E-state index contributed by atoms with van der Waals surface area (Å²) in [4.78, 5) is 36.9. The van der Waals surface area contributed by atoms with E-state index in [4.69, 9.17) is 5.11 Å². The molecule has 0 bridgehead atoms. The van der Waals surface area contributed by atoms with E-state index >= 15 is 0 Å². The summed E-state index contributed by atoms with van der Waals surface area (Å²) in [6.07, 6.45) is 1.57. The predicted octanol–water partition coefficient (Wildman–Crippen LogP) is 0.861. The van der Waals surface area contributed by atoms with Gasteiger partial charge in [-0.1, -0.05) is 33.8 Å². The molecule has 0 aliphatic heterocycles. The van der Waals surface area contributed by atoms with Gasteiger partial charge in [-0.25, -0.2) is 4.79 Å². The largest absolute Gasteiger partial charge is 0.478 e. The van der Waals surface area contributed by atoms with Gasteiger partial charge in [0.05, 0.1) is 18.6 Å². The minimum absolute atomic E-state index is 0.0460. The molecule has 24 heavy (non-hydrogen) atoms. The van der Waals surface area contributed by atoms with E-state index in [1.165, 1.54) is 11.8 Å². The third-order valence-electron chi connectivity index (χ3n) is 3.96. The molecule has 2 atom stereocenters. The Balaban J connectivity index is 4.92. The number of amides is 2. The summed E-state index contributed by atoms with van der Waals surface area (Å²) in [7, 11) is 3.31. The summed E-state index contributed by atoms with van der Waals surface area (Å²) in [6.45, 7) is 9.04. The van der Waals surface area contributed by atoms with Crippen LogP contribution in [0.3, 0.4) is 0 Å². The van der Waals surface area contributed by atoms with Gasteiger partial charge in [0.15, 0.2) is 0 Å². The highest BCUT2D eigenvalue weighted by molar-refractivity contribution is 5.88. The van der Waals surface area contributed by atoms with E-state index < -0.39 is 5.97 Å². The molecule has 138 valence electrons. The van der Waals surface area contributed by atoms with Gasteiger partial charge >= 0.3 is 5.97 Å². The first-order valence-electron chi connectivity index (χ1n) is 8.15. The average Bonchev–Trinajstić information content (AvgIpc) is 2.48. The maximum atomic E-state index is 12.3. The zero-order chi connectivity index (χ0) is 19.0. The van der Waals surface area contributed by atoms with Gasteiger partial charge in [0.25, 0.3) is 0 Å². The lowest BCUT2D eigenvalue weighted by molar-refractivity contribution is -0.134. The number of hydrogen-bond acceptors (Lipinski definition) is 4. The summed E-state index contributed by atoms with van der Waals surface area (Å²) in [5, 5.41) is 14.6. The van der Waals surface area contributed by atoms with Crippen molar-refractivity contribution in [2.75, 3.05) is 20.6 Å². The van der Waals surface area contributed by atoms with Crippen molar-refractivity contribution >= 4 is 17.8 Å². The van der Waals surface area contributed by atoms with E-state index in [1.807, 2.05) is 27.7 Å². The van der Waals surface area contributed by atoms with E-state index in [9.17, 15) is 14.4 Å². The molecule has 2 amide bonds. The number of carbonyl (C=O) groups excluding carboxylic acids is 2. The molecule has 7 heteroatoms. The van der Waals surface area contributed by atoms with Crippen molar-refractivity contribution < 1.29 is 19.5 Å². The number of aliphatic carboxylic acids is 1. The Hall–Kier alpha value is -1.89. The molecule has 0 aromatic rings. The molecule has 0 aromatic heterocycles. The third kappa shape index (κ3) is 6.70. The van der Waals surface area contributed by atoms with Crippen molar-refractivity contribution in [2.24, 2.45) is 11.8 Å². The Bertz CT molecular complexity index is 486. The Morgan fingerprint density at radius 1 is 1.12 bits per heavy atom. The molecule has 2 unspecified atom stereocenters. The number of carbonyl (C=O) groups is 3. The van der Waals surface area contributed by atoms with Crippen LogP contribution < -0.4 is 10.6 Å². The van der Waals surface area contributed by atoms with Crippen LogP contribution in [0.1, 0.15) is 34.6 Å². The van der Waals surface area contributed by atoms with Gasteiger partial charge in [-0.05, 0) is 25.8 Å². The van der Waals surface area contributed by atoms with Crippen LogP contribution in [0.25, 0.3) is 0 Å². The molecule has 7 nitrogen and oxygen atoms in total. The van der Waals surface area contributed by atoms with Crippen LogP contribution in [0.5, 0.6) is 0 Å². The molecule has 0 spiro atoms. The van der Waals surface area contributed by atoms with E-state index in [1.54, 1.807) is 20.2 Å². The molecule has 0 aliphatic rings. The Labute approximate surface area is 144 Å². The molecule has 0 fully saturated rings. The summed E-state index contributed by atoms with van der Waals surface area (Å²) in [5.41, 5.74) is 0.187. The van der Waals surface area contributed by atoms with Crippen LogP contribution in [-0.4, -0.2) is 60.5 Å². The Morgan fingerprint density at radius 3 is 2.04 bits per heavy atom. The topological polar surface area (TPSA) is 98.7 Å². The lowest BCUT2D eigenvalue weighted by Gasteiger charge is -2.30. The maximum Gasteiger partial charge on any atom is 0.331 e. The summed E-state index contributed by atoms with van der Waals surface area (Å²) < 4.78 is 0. The number of carboxylic acids is 1. The van der Waals surface area contributed by atoms with Gasteiger partial charge < -0.3 is 20.6 Å². The number of nitrogens with one attached hydrogen (secondary N) is 2. The first kappa shape index (κ1) is 22.1. The number of carboxylic acid groups (broad SMARTS) is 1. The predicted molar refractivity (Wildman–Crippen MR) is 93.5 cm³/mol. The summed E-state index contributed by atoms with van der Waals surface area (Å²) in [6, 6.07) is -0.714. The summed E-state index contributed by atoms with van der Waals surface area (Å²) >= 11 is 0. The van der Waals surface area contributed by atoms with Crippen LogP contribution in [-0.2, 0) is 14.4 Å². The fourth-order valence-corrected chi connectivity index (χ4v) is 2.41. The molecule has 0 rings (SSSR count). The standard InChI is InChI=1S/C17H31N3O4/c1-10(2)13(8-12(5)17(23)24)20(7)14(21)9-19-16(22)15(18-6)11(3)4/h8,10-11,13,15,18H,9H2,1-7H3,(H,19,22)(H,23,24)/b12-8+. The molecular weight excluding hydrogens is 310 g/mol. The summed E-state index contributed by atoms with van der Waals surface area (Å²) in [5.74, 6) is -1.36. The van der Waals surface area contributed by atoms with Gasteiger partial charge in [0.2, 0.25) is 11.8 Å². The molecule has 3 N–H and O–H groups in total. The van der Waals surface area contributed by atoms with Crippen molar-refractivity contribution in [1.29, 1.82) is 0 Å². The highest BCUT2D eigenvalue weighted by atomic mass is 16.4. The molecule has 0 radical (unpaired) electrons. The van der Waals surface area contributed by atoms with E-state index in [0.717, 1.165) is 0 Å². The lowest BCUT2D eigenvalue weighted by atomic mass is 10.00. The van der Waals surface area contributed by atoms with Crippen LogP contribution in [0, 0.1) is 11.8 Å². The number of rotatable bonds is 9.